The smallest absolute Gasteiger partial charge is 0.432 e. The molecule has 0 fully saturated rings. The molecule has 0 bridgehead atoms. The van der Waals surface area contributed by atoms with Gasteiger partial charge in [0, 0.05) is 5.39 Å². The second-order valence-electron chi connectivity index (χ2n) is 3.51. The molecule has 0 saturated heterocycles. The fraction of sp³-hybridized carbons (Fsp3) is 0.200. The van der Waals surface area contributed by atoms with Crippen LogP contribution in [0.4, 0.5) is 18.0 Å². The molecule has 2 aromatic rings. The van der Waals surface area contributed by atoms with Gasteiger partial charge < -0.3 is 5.11 Å². The first-order chi connectivity index (χ1) is 7.80. The molecule has 0 aliphatic heterocycles. The second kappa shape index (κ2) is 3.47. The van der Waals surface area contributed by atoms with Gasteiger partial charge in [0.05, 0.1) is 16.8 Å². The van der Waals surface area contributed by atoms with E-state index in [0.717, 1.165) is 18.2 Å². The molecule has 0 unspecified atom stereocenters. The summed E-state index contributed by atoms with van der Waals surface area (Å²) < 4.78 is 38.1. The van der Waals surface area contributed by atoms with Gasteiger partial charge in [-0.25, -0.2) is 4.79 Å². The maximum absolute atomic E-state index is 12.5. The SMILES string of the molecule is Cc1nn(C(=O)O)c2ccc(C(F)(F)F)cc12. The Morgan fingerprint density at radius 3 is 2.59 bits per heavy atom. The van der Waals surface area contributed by atoms with Crippen molar-refractivity contribution in [3.05, 3.63) is 29.5 Å². The standard InChI is InChI=1S/C10H7F3N2O2/c1-5-7-4-6(10(11,12)13)2-3-8(7)15(14-5)9(16)17/h2-4H,1H3,(H,16,17). The van der Waals surface area contributed by atoms with E-state index in [9.17, 15) is 18.0 Å². The van der Waals surface area contributed by atoms with Crippen molar-refractivity contribution in [1.29, 1.82) is 0 Å². The number of hydrogen-bond donors (Lipinski definition) is 1. The number of hydrogen-bond acceptors (Lipinski definition) is 2. The Bertz CT molecular complexity index is 601. The van der Waals surface area contributed by atoms with Crippen LogP contribution in [0.5, 0.6) is 0 Å². The van der Waals surface area contributed by atoms with Crippen LogP contribution in [-0.2, 0) is 6.18 Å². The van der Waals surface area contributed by atoms with Crippen LogP contribution in [-0.4, -0.2) is 21.0 Å². The molecule has 0 aliphatic carbocycles. The highest BCUT2D eigenvalue weighted by molar-refractivity contribution is 5.89. The van der Waals surface area contributed by atoms with E-state index < -0.39 is 17.8 Å². The van der Waals surface area contributed by atoms with Crippen molar-refractivity contribution in [2.45, 2.75) is 13.1 Å². The lowest BCUT2D eigenvalue weighted by atomic mass is 10.1. The Kier molecular flexibility index (Phi) is 2.34. The summed E-state index contributed by atoms with van der Waals surface area (Å²) in [4.78, 5) is 10.8. The van der Waals surface area contributed by atoms with Gasteiger partial charge in [-0.1, -0.05) is 0 Å². The van der Waals surface area contributed by atoms with Crippen LogP contribution in [0, 0.1) is 6.92 Å². The maximum atomic E-state index is 12.5. The zero-order valence-electron chi connectivity index (χ0n) is 8.62. The monoisotopic (exact) mass is 244 g/mol. The summed E-state index contributed by atoms with van der Waals surface area (Å²) in [6.07, 6.45) is -5.78. The van der Waals surface area contributed by atoms with E-state index in [0.29, 0.717) is 4.68 Å². The van der Waals surface area contributed by atoms with Gasteiger partial charge in [0.2, 0.25) is 0 Å². The lowest BCUT2D eigenvalue weighted by molar-refractivity contribution is -0.137. The van der Waals surface area contributed by atoms with E-state index >= 15 is 0 Å². The molecular weight excluding hydrogens is 237 g/mol. The normalized spacial score (nSPS) is 12.0. The molecule has 90 valence electrons. The van der Waals surface area contributed by atoms with Crippen LogP contribution >= 0.6 is 0 Å². The number of aryl methyl sites for hydroxylation is 1. The van der Waals surface area contributed by atoms with Gasteiger partial charge in [-0.2, -0.15) is 23.0 Å². The van der Waals surface area contributed by atoms with Crippen molar-refractivity contribution in [2.24, 2.45) is 0 Å². The number of carbonyl (C=O) groups is 1. The van der Waals surface area contributed by atoms with Crippen molar-refractivity contribution >= 4 is 17.0 Å². The number of halogens is 3. The Morgan fingerprint density at radius 2 is 2.06 bits per heavy atom. The summed E-state index contributed by atoms with van der Waals surface area (Å²) in [5.41, 5.74) is -0.436. The Hall–Kier alpha value is -2.05. The molecule has 17 heavy (non-hydrogen) atoms. The maximum Gasteiger partial charge on any atom is 0.432 e. The molecule has 0 radical (unpaired) electrons. The third-order valence-corrected chi connectivity index (χ3v) is 2.37. The molecule has 1 N–H and O–H groups in total. The van der Waals surface area contributed by atoms with E-state index in [1.807, 2.05) is 0 Å². The number of alkyl halides is 3. The van der Waals surface area contributed by atoms with Crippen LogP contribution in [0.1, 0.15) is 11.3 Å². The van der Waals surface area contributed by atoms with E-state index in [1.54, 1.807) is 0 Å². The van der Waals surface area contributed by atoms with Gasteiger partial charge in [-0.05, 0) is 25.1 Å². The van der Waals surface area contributed by atoms with Crippen molar-refractivity contribution in [2.75, 3.05) is 0 Å². The summed E-state index contributed by atoms with van der Waals surface area (Å²) in [5.74, 6) is 0. The fourth-order valence-corrected chi connectivity index (χ4v) is 1.59. The van der Waals surface area contributed by atoms with Crippen molar-refractivity contribution in [1.82, 2.24) is 9.78 Å². The van der Waals surface area contributed by atoms with Gasteiger partial charge in [0.15, 0.2) is 0 Å². The average Bonchev–Trinajstić information content (AvgIpc) is 2.55. The van der Waals surface area contributed by atoms with Crippen molar-refractivity contribution < 1.29 is 23.1 Å². The molecule has 1 aromatic carbocycles. The summed E-state index contributed by atoms with van der Waals surface area (Å²) in [7, 11) is 0. The lowest BCUT2D eigenvalue weighted by Gasteiger charge is -2.06. The summed E-state index contributed by atoms with van der Waals surface area (Å²) in [6, 6.07) is 2.84. The van der Waals surface area contributed by atoms with Gasteiger partial charge >= 0.3 is 12.3 Å². The second-order valence-corrected chi connectivity index (χ2v) is 3.51. The minimum atomic E-state index is -4.45. The highest BCUT2D eigenvalue weighted by Crippen LogP contribution is 2.32. The van der Waals surface area contributed by atoms with E-state index in [2.05, 4.69) is 5.10 Å². The molecule has 0 atom stereocenters. The number of rotatable bonds is 0. The van der Waals surface area contributed by atoms with E-state index in [1.165, 1.54) is 6.92 Å². The number of fused-ring (bicyclic) bond motifs is 1. The van der Waals surface area contributed by atoms with E-state index in [-0.39, 0.29) is 16.6 Å². The first kappa shape index (κ1) is 11.4. The average molecular weight is 244 g/mol. The van der Waals surface area contributed by atoms with Gasteiger partial charge in [-0.3, -0.25) is 0 Å². The lowest BCUT2D eigenvalue weighted by Crippen LogP contribution is -2.09. The highest BCUT2D eigenvalue weighted by Gasteiger charge is 2.31. The summed E-state index contributed by atoms with van der Waals surface area (Å²) in [5, 5.41) is 12.6. The van der Waals surface area contributed by atoms with Gasteiger partial charge in [0.25, 0.3) is 0 Å². The number of nitrogens with zero attached hydrogens (tertiary/aromatic N) is 2. The van der Waals surface area contributed by atoms with Crippen LogP contribution in [0.2, 0.25) is 0 Å². The summed E-state index contributed by atoms with van der Waals surface area (Å²) in [6.45, 7) is 1.46. The molecule has 7 heteroatoms. The number of carboxylic acid groups (broad SMARTS) is 1. The molecule has 0 aliphatic rings. The zero-order valence-corrected chi connectivity index (χ0v) is 8.62. The third kappa shape index (κ3) is 1.83. The first-order valence-electron chi connectivity index (χ1n) is 4.60. The number of benzene rings is 1. The predicted molar refractivity (Wildman–Crippen MR) is 52.9 cm³/mol. The predicted octanol–water partition coefficient (Wildman–Crippen LogP) is 2.89. The molecule has 2 rings (SSSR count). The quantitative estimate of drug-likeness (QED) is 0.775. The third-order valence-electron chi connectivity index (χ3n) is 2.37. The zero-order chi connectivity index (χ0) is 12.8. The van der Waals surface area contributed by atoms with Gasteiger partial charge in [0.1, 0.15) is 0 Å². The Labute approximate surface area is 93.3 Å². The minimum absolute atomic E-state index is 0.142. The highest BCUT2D eigenvalue weighted by atomic mass is 19.4. The van der Waals surface area contributed by atoms with Crippen LogP contribution in [0.15, 0.2) is 18.2 Å². The number of aromatic nitrogens is 2. The molecule has 1 aromatic heterocycles. The molecule has 4 nitrogen and oxygen atoms in total. The summed E-state index contributed by atoms with van der Waals surface area (Å²) >= 11 is 0. The topological polar surface area (TPSA) is 55.1 Å². The van der Waals surface area contributed by atoms with Crippen LogP contribution in [0.3, 0.4) is 0 Å². The van der Waals surface area contributed by atoms with Crippen LogP contribution in [0.25, 0.3) is 10.9 Å². The largest absolute Gasteiger partial charge is 0.463 e. The molecule has 0 amide bonds. The van der Waals surface area contributed by atoms with E-state index in [4.69, 9.17) is 5.11 Å². The molecule has 0 spiro atoms. The fourth-order valence-electron chi connectivity index (χ4n) is 1.59. The van der Waals surface area contributed by atoms with Crippen LogP contribution < -0.4 is 0 Å². The molecule has 0 saturated carbocycles. The minimum Gasteiger partial charge on any atom is -0.463 e. The molecular formula is C10H7F3N2O2. The Morgan fingerprint density at radius 1 is 1.41 bits per heavy atom. The van der Waals surface area contributed by atoms with Crippen molar-refractivity contribution in [3.8, 4) is 0 Å². The molecule has 1 heterocycles. The van der Waals surface area contributed by atoms with Gasteiger partial charge in [-0.15, -0.1) is 0 Å². The first-order valence-corrected chi connectivity index (χ1v) is 4.60. The Balaban J connectivity index is 2.72. The van der Waals surface area contributed by atoms with Crippen molar-refractivity contribution in [3.63, 3.8) is 0 Å².